The van der Waals surface area contributed by atoms with Gasteiger partial charge in [0.2, 0.25) is 0 Å². The van der Waals surface area contributed by atoms with E-state index in [1.807, 2.05) is 6.07 Å². The quantitative estimate of drug-likeness (QED) is 0.628. The van der Waals surface area contributed by atoms with Gasteiger partial charge in [-0.3, -0.25) is 4.79 Å². The van der Waals surface area contributed by atoms with E-state index in [4.69, 9.17) is 50.5 Å². The van der Waals surface area contributed by atoms with Gasteiger partial charge in [-0.25, -0.2) is 4.79 Å². The van der Waals surface area contributed by atoms with Gasteiger partial charge in [0, 0.05) is 13.6 Å². The number of anilines is 1. The van der Waals surface area contributed by atoms with Gasteiger partial charge in [0.15, 0.2) is 6.61 Å². The number of ether oxygens (including phenoxy) is 1. The molecule has 0 bridgehead atoms. The molecular weight excluding hydrogens is 355 g/mol. The molecule has 118 valence electrons. The number of nitrogen functional groups attached to an aromatic ring is 1. The molecule has 0 unspecified atom stereocenters. The van der Waals surface area contributed by atoms with Gasteiger partial charge < -0.3 is 15.4 Å². The minimum absolute atomic E-state index is 0.0180. The van der Waals surface area contributed by atoms with Crippen LogP contribution < -0.4 is 10.7 Å². The van der Waals surface area contributed by atoms with Gasteiger partial charge in [0.25, 0.3) is 11.1 Å². The monoisotopic (exact) mass is 365 g/mol. The third-order valence-electron chi connectivity index (χ3n) is 2.64. The van der Waals surface area contributed by atoms with Gasteiger partial charge >= 0.3 is 11.7 Å². The molecule has 0 saturated carbocycles. The van der Waals surface area contributed by atoms with E-state index in [1.54, 1.807) is 0 Å². The average molecular weight is 367 g/mol. The molecule has 0 radical (unpaired) electrons. The number of nitrogens with two attached hydrogens (primary N) is 1. The summed E-state index contributed by atoms with van der Waals surface area (Å²) in [6.45, 7) is -0.273. The first-order valence-electron chi connectivity index (χ1n) is 5.92. The van der Waals surface area contributed by atoms with Crippen molar-refractivity contribution in [2.24, 2.45) is 0 Å². The number of pyridine rings is 1. The Labute approximate surface area is 141 Å². The zero-order chi connectivity index (χ0) is 16.9. The summed E-state index contributed by atoms with van der Waals surface area (Å²) in [6.07, 6.45) is 0.180. The average Bonchev–Trinajstić information content (AvgIpc) is 2.51. The lowest BCUT2D eigenvalue weighted by Crippen LogP contribution is -2.33. The number of aromatic amines is 1. The van der Waals surface area contributed by atoms with Gasteiger partial charge in [0.1, 0.15) is 10.0 Å². The molecule has 0 spiro atoms. The van der Waals surface area contributed by atoms with E-state index in [0.29, 0.717) is 0 Å². The van der Waals surface area contributed by atoms with E-state index in [0.717, 1.165) is 0 Å². The van der Waals surface area contributed by atoms with Gasteiger partial charge in [-0.05, 0) is 11.6 Å². The van der Waals surface area contributed by atoms with Crippen LogP contribution in [0.1, 0.15) is 16.9 Å². The Balaban J connectivity index is 2.75. The molecule has 0 aromatic carbocycles. The molecule has 1 rings (SSSR count). The third kappa shape index (κ3) is 4.37. The fourth-order valence-electron chi connectivity index (χ4n) is 1.36. The number of hydrogen-bond acceptors (Lipinski definition) is 5. The second-order valence-corrected chi connectivity index (χ2v) is 5.29. The summed E-state index contributed by atoms with van der Waals surface area (Å²) in [5.41, 5.74) is 5.32. The molecule has 1 aromatic heterocycles. The highest BCUT2D eigenvalue weighted by Crippen LogP contribution is 2.32. The number of esters is 1. The van der Waals surface area contributed by atoms with Crippen LogP contribution in [-0.4, -0.2) is 37.0 Å². The number of halogens is 3. The zero-order valence-electron chi connectivity index (χ0n) is 11.5. The number of nitrogens with zero attached hydrogens (tertiary/aromatic N) is 2. The molecule has 3 N–H and O–H groups in total. The highest BCUT2D eigenvalue weighted by molar-refractivity contribution is 6.45. The lowest BCUT2D eigenvalue weighted by molar-refractivity contribution is -0.380. The number of aromatic nitrogens is 1. The second-order valence-electron chi connectivity index (χ2n) is 4.16. The number of amides is 1. The number of likely N-dealkylation sites (N-methyl/N-ethyl adjacent to an activating group) is 1. The summed E-state index contributed by atoms with van der Waals surface area (Å²) in [5.74, 6) is -1.37. The normalized spacial score (nSPS) is 9.95. The number of nitriles is 1. The summed E-state index contributed by atoms with van der Waals surface area (Å²) in [4.78, 5) is 27.3. The molecule has 0 fully saturated rings. The predicted octanol–water partition coefficient (Wildman–Crippen LogP) is 1.57. The molecule has 0 aliphatic heterocycles. The summed E-state index contributed by atoms with van der Waals surface area (Å²) < 4.78 is 4.84. The fourth-order valence-corrected chi connectivity index (χ4v) is 1.97. The van der Waals surface area contributed by atoms with Crippen LogP contribution in [0.25, 0.3) is 0 Å². The van der Waals surface area contributed by atoms with E-state index in [9.17, 15) is 9.59 Å². The fraction of sp³-hybridized carbons (Fsp3) is 0.333. The van der Waals surface area contributed by atoms with Gasteiger partial charge in [-0.15, -0.1) is 0 Å². The Morgan fingerprint density at radius 1 is 1.36 bits per heavy atom. The minimum Gasteiger partial charge on any atom is -0.448 e. The number of carbonyl (C=O) groups is 2. The maximum atomic E-state index is 11.9. The van der Waals surface area contributed by atoms with E-state index in [2.05, 4.69) is 4.98 Å². The van der Waals surface area contributed by atoms with Crippen LogP contribution in [0.15, 0.2) is 0 Å². The summed E-state index contributed by atoms with van der Waals surface area (Å²) in [6, 6.07) is 1.90. The first kappa shape index (κ1) is 18.3. The van der Waals surface area contributed by atoms with E-state index in [1.165, 1.54) is 11.9 Å². The Kier molecular flexibility index (Phi) is 6.68. The van der Waals surface area contributed by atoms with Crippen molar-refractivity contribution in [3.63, 3.8) is 0 Å². The van der Waals surface area contributed by atoms with Crippen molar-refractivity contribution in [3.05, 3.63) is 20.9 Å². The molecular formula is C12H12Cl3N4O3+. The standard InChI is InChI=1S/C12H11Cl3N4O3/c1-19(4-2-3-16)6(20)5-22-12(21)10-7(13)9(17)8(14)11(15)18-10/h2,4-5H2,1H3,(H2,17,18)/p+1. The van der Waals surface area contributed by atoms with Crippen LogP contribution in [0.2, 0.25) is 15.2 Å². The Morgan fingerprint density at radius 2 is 2.00 bits per heavy atom. The van der Waals surface area contributed by atoms with E-state index in [-0.39, 0.29) is 39.5 Å². The number of carbonyl (C=O) groups excluding carboxylic acids is 2. The topological polar surface area (TPSA) is 111 Å². The first-order valence-corrected chi connectivity index (χ1v) is 7.06. The second kappa shape index (κ2) is 8.03. The van der Waals surface area contributed by atoms with E-state index >= 15 is 0 Å². The highest BCUT2D eigenvalue weighted by atomic mass is 35.5. The van der Waals surface area contributed by atoms with Crippen molar-refractivity contribution in [1.82, 2.24) is 4.90 Å². The van der Waals surface area contributed by atoms with Crippen molar-refractivity contribution in [1.29, 1.82) is 5.26 Å². The minimum atomic E-state index is -0.905. The Hall–Kier alpha value is -1.75. The van der Waals surface area contributed by atoms with Gasteiger partial charge in [-0.2, -0.15) is 10.2 Å². The van der Waals surface area contributed by atoms with Crippen molar-refractivity contribution in [2.45, 2.75) is 6.42 Å². The van der Waals surface area contributed by atoms with Crippen LogP contribution in [0, 0.1) is 11.3 Å². The van der Waals surface area contributed by atoms with E-state index < -0.39 is 18.5 Å². The lowest BCUT2D eigenvalue weighted by atomic mass is 10.3. The van der Waals surface area contributed by atoms with Gasteiger partial charge in [0.05, 0.1) is 18.2 Å². The largest absolute Gasteiger partial charge is 0.448 e. The molecule has 22 heavy (non-hydrogen) atoms. The molecule has 1 heterocycles. The molecule has 0 aliphatic rings. The van der Waals surface area contributed by atoms with Crippen molar-refractivity contribution in [2.75, 3.05) is 25.9 Å². The van der Waals surface area contributed by atoms with Crippen molar-refractivity contribution >= 4 is 52.4 Å². The van der Waals surface area contributed by atoms with Crippen LogP contribution in [-0.2, 0) is 9.53 Å². The molecule has 7 nitrogen and oxygen atoms in total. The number of H-pyrrole nitrogens is 1. The van der Waals surface area contributed by atoms with Crippen LogP contribution in [0.3, 0.4) is 0 Å². The number of hydrogen-bond donors (Lipinski definition) is 1. The Bertz CT molecular complexity index is 645. The summed E-state index contributed by atoms with van der Waals surface area (Å²) in [7, 11) is 1.49. The maximum Gasteiger partial charge on any atom is 0.405 e. The summed E-state index contributed by atoms with van der Waals surface area (Å²) in [5, 5.41) is 8.20. The lowest BCUT2D eigenvalue weighted by Gasteiger charge is -2.14. The summed E-state index contributed by atoms with van der Waals surface area (Å²) >= 11 is 17.4. The number of nitrogens with one attached hydrogen (secondary N) is 1. The van der Waals surface area contributed by atoms with Crippen LogP contribution in [0.5, 0.6) is 0 Å². The van der Waals surface area contributed by atoms with Crippen molar-refractivity contribution < 1.29 is 19.3 Å². The van der Waals surface area contributed by atoms with Crippen molar-refractivity contribution in [3.8, 4) is 6.07 Å². The highest BCUT2D eigenvalue weighted by Gasteiger charge is 2.28. The smallest absolute Gasteiger partial charge is 0.405 e. The first-order chi connectivity index (χ1) is 10.3. The molecule has 1 aromatic rings. The maximum absolute atomic E-state index is 11.9. The SMILES string of the molecule is CN(CCC#N)C(=O)COC(=O)c1[nH+]c(Cl)c(Cl)c(N)c1Cl. The molecule has 0 saturated heterocycles. The number of rotatable bonds is 5. The molecule has 1 amide bonds. The van der Waals surface area contributed by atoms with Crippen LogP contribution in [0.4, 0.5) is 5.69 Å². The molecule has 10 heteroatoms. The predicted molar refractivity (Wildman–Crippen MR) is 80.6 cm³/mol. The zero-order valence-corrected chi connectivity index (χ0v) is 13.7. The Morgan fingerprint density at radius 3 is 2.59 bits per heavy atom. The molecule has 0 atom stereocenters. The third-order valence-corrected chi connectivity index (χ3v) is 3.80. The van der Waals surface area contributed by atoms with Gasteiger partial charge in [-0.1, -0.05) is 23.2 Å². The van der Waals surface area contributed by atoms with Crippen LogP contribution >= 0.6 is 34.8 Å². The molecule has 0 aliphatic carbocycles.